The molecule has 0 atom stereocenters. The molecule has 1 aromatic heterocycles. The predicted octanol–water partition coefficient (Wildman–Crippen LogP) is 5.80. The number of ether oxygens (including phenoxy) is 1. The number of benzene rings is 3. The van der Waals surface area contributed by atoms with Gasteiger partial charge in [-0.3, -0.25) is 0 Å². The molecule has 3 nitrogen and oxygen atoms in total. The van der Waals surface area contributed by atoms with E-state index < -0.39 is 0 Å². The maximum absolute atomic E-state index is 6.26. The van der Waals surface area contributed by atoms with Gasteiger partial charge in [-0.25, -0.2) is 4.98 Å². The zero-order valence-electron chi connectivity index (χ0n) is 13.9. The van der Waals surface area contributed by atoms with Crippen LogP contribution in [-0.4, -0.2) is 19.1 Å². The Hall–Kier alpha value is -2.78. The first-order chi connectivity index (χ1) is 12.2. The van der Waals surface area contributed by atoms with E-state index in [1.54, 1.807) is 7.11 Å². The first-order valence-electron chi connectivity index (χ1n) is 8.11. The summed E-state index contributed by atoms with van der Waals surface area (Å²) in [6.45, 7) is 0. The van der Waals surface area contributed by atoms with E-state index in [-0.39, 0.29) is 0 Å². The van der Waals surface area contributed by atoms with Crippen molar-refractivity contribution >= 4 is 44.7 Å². The average molecular weight is 347 g/mol. The second kappa shape index (κ2) is 5.11. The highest BCUT2D eigenvalue weighted by molar-refractivity contribution is 6.32. The molecule has 3 aromatic carbocycles. The Kier molecular flexibility index (Phi) is 2.97. The van der Waals surface area contributed by atoms with Gasteiger partial charge in [0.25, 0.3) is 0 Å². The number of pyridine rings is 1. The molecule has 122 valence electrons. The van der Waals surface area contributed by atoms with Gasteiger partial charge in [-0.1, -0.05) is 29.8 Å². The van der Waals surface area contributed by atoms with Crippen molar-refractivity contribution < 1.29 is 4.74 Å². The van der Waals surface area contributed by atoms with E-state index >= 15 is 0 Å². The molecule has 2 heterocycles. The minimum absolute atomic E-state index is 0.707. The molecule has 4 heteroatoms. The summed E-state index contributed by atoms with van der Waals surface area (Å²) in [6, 6.07) is 18.3. The number of hydrogen-bond donors (Lipinski definition) is 0. The monoisotopic (exact) mass is 346 g/mol. The van der Waals surface area contributed by atoms with E-state index in [4.69, 9.17) is 21.3 Å². The van der Waals surface area contributed by atoms with E-state index in [2.05, 4.69) is 48.3 Å². The molecule has 0 unspecified atom stereocenters. The minimum atomic E-state index is 0.707. The Morgan fingerprint density at radius 2 is 1.80 bits per heavy atom. The van der Waals surface area contributed by atoms with E-state index in [1.165, 1.54) is 0 Å². The van der Waals surface area contributed by atoms with E-state index in [0.29, 0.717) is 5.02 Å². The number of halogens is 1. The molecule has 0 bridgehead atoms. The summed E-state index contributed by atoms with van der Waals surface area (Å²) in [4.78, 5) is 7.18. The fourth-order valence-corrected chi connectivity index (χ4v) is 3.91. The summed E-state index contributed by atoms with van der Waals surface area (Å²) in [5.41, 5.74) is 5.33. The fourth-order valence-electron chi connectivity index (χ4n) is 3.73. The first-order valence-corrected chi connectivity index (χ1v) is 8.49. The van der Waals surface area contributed by atoms with Gasteiger partial charge >= 0.3 is 0 Å². The second-order valence-electron chi connectivity index (χ2n) is 6.27. The number of methoxy groups -OCH3 is 1. The van der Waals surface area contributed by atoms with Gasteiger partial charge in [-0.2, -0.15) is 0 Å². The Morgan fingerprint density at radius 1 is 0.960 bits per heavy atom. The van der Waals surface area contributed by atoms with E-state index in [0.717, 1.165) is 50.1 Å². The number of fused-ring (bicyclic) bond motifs is 4. The molecule has 0 saturated heterocycles. The summed E-state index contributed by atoms with van der Waals surface area (Å²) in [6.07, 6.45) is 0. The van der Waals surface area contributed by atoms with Crippen LogP contribution in [0.25, 0.3) is 32.9 Å². The molecule has 1 aliphatic heterocycles. The molecular formula is C21H15ClN2O. The number of anilines is 2. The molecule has 5 rings (SSSR count). The van der Waals surface area contributed by atoms with Crippen LogP contribution in [0.5, 0.6) is 5.75 Å². The highest BCUT2D eigenvalue weighted by Gasteiger charge is 2.25. The Morgan fingerprint density at radius 3 is 2.64 bits per heavy atom. The molecular weight excluding hydrogens is 332 g/mol. The zero-order valence-corrected chi connectivity index (χ0v) is 14.6. The third kappa shape index (κ3) is 1.96. The van der Waals surface area contributed by atoms with Gasteiger partial charge in [0.05, 0.1) is 29.7 Å². The summed E-state index contributed by atoms with van der Waals surface area (Å²) in [5, 5.41) is 3.99. The lowest BCUT2D eigenvalue weighted by molar-refractivity contribution is 0.415. The van der Waals surface area contributed by atoms with Gasteiger partial charge in [-0.05, 0) is 35.7 Å². The normalized spacial score (nSPS) is 12.5. The smallest absolute Gasteiger partial charge is 0.121 e. The molecule has 0 N–H and O–H groups in total. The number of nitrogens with zero attached hydrogens (tertiary/aromatic N) is 2. The van der Waals surface area contributed by atoms with E-state index in [9.17, 15) is 0 Å². The summed E-state index contributed by atoms with van der Waals surface area (Å²) < 4.78 is 5.56. The maximum atomic E-state index is 6.26. The molecule has 0 amide bonds. The van der Waals surface area contributed by atoms with Crippen molar-refractivity contribution in [3.8, 4) is 17.0 Å². The van der Waals surface area contributed by atoms with Crippen LogP contribution in [0.15, 0.2) is 54.6 Å². The number of rotatable bonds is 1. The highest BCUT2D eigenvalue weighted by atomic mass is 35.5. The fraction of sp³-hybridized carbons (Fsp3) is 0.0952. The predicted molar refractivity (Wildman–Crippen MR) is 104 cm³/mol. The zero-order chi connectivity index (χ0) is 17.1. The largest absolute Gasteiger partial charge is 0.497 e. The van der Waals surface area contributed by atoms with Gasteiger partial charge in [-0.15, -0.1) is 0 Å². The quantitative estimate of drug-likeness (QED) is 0.407. The van der Waals surface area contributed by atoms with Crippen molar-refractivity contribution in [3.05, 3.63) is 59.6 Å². The molecule has 0 spiro atoms. The summed E-state index contributed by atoms with van der Waals surface area (Å²) >= 11 is 6.26. The molecule has 25 heavy (non-hydrogen) atoms. The van der Waals surface area contributed by atoms with Gasteiger partial charge in [0.1, 0.15) is 5.75 Å². The van der Waals surface area contributed by atoms with Gasteiger partial charge < -0.3 is 9.64 Å². The lowest BCUT2D eigenvalue weighted by Gasteiger charge is -2.30. The van der Waals surface area contributed by atoms with Crippen molar-refractivity contribution in [2.75, 3.05) is 19.1 Å². The van der Waals surface area contributed by atoms with Crippen LogP contribution in [0.2, 0.25) is 5.02 Å². The molecule has 0 fully saturated rings. The van der Waals surface area contributed by atoms with Gasteiger partial charge in [0.15, 0.2) is 0 Å². The summed E-state index contributed by atoms with van der Waals surface area (Å²) in [5.74, 6) is 0.826. The number of hydrogen-bond acceptors (Lipinski definition) is 3. The molecule has 4 aromatic rings. The second-order valence-corrected chi connectivity index (χ2v) is 6.70. The van der Waals surface area contributed by atoms with Crippen molar-refractivity contribution in [2.45, 2.75) is 0 Å². The minimum Gasteiger partial charge on any atom is -0.497 e. The standard InChI is InChI=1S/C21H15ClN2O/c1-24-18-6-4-3-5-14(18)21-20-16(10-13(25-2)11-19(20)24)15-9-12(22)7-8-17(15)23-21/h3-11H,1-2H3. The number of aromatic nitrogens is 1. The SMILES string of the molecule is COc1cc2c3c(nc4ccc(Cl)cc4c3c1)-c1ccccc1N2C. The van der Waals surface area contributed by atoms with Crippen LogP contribution in [0.1, 0.15) is 0 Å². The van der Waals surface area contributed by atoms with Crippen LogP contribution in [-0.2, 0) is 0 Å². The van der Waals surface area contributed by atoms with Gasteiger partial charge in [0, 0.05) is 34.5 Å². The third-order valence-electron chi connectivity index (χ3n) is 4.93. The molecule has 1 aliphatic rings. The summed E-state index contributed by atoms with van der Waals surface area (Å²) in [7, 11) is 3.78. The topological polar surface area (TPSA) is 25.4 Å². The Bertz CT molecular complexity index is 1170. The number of para-hydroxylation sites is 1. The molecule has 0 radical (unpaired) electrons. The van der Waals surface area contributed by atoms with Gasteiger partial charge in [0.2, 0.25) is 0 Å². The van der Waals surface area contributed by atoms with Crippen LogP contribution in [0.4, 0.5) is 11.4 Å². The molecule has 0 saturated carbocycles. The van der Waals surface area contributed by atoms with Crippen molar-refractivity contribution in [1.82, 2.24) is 4.98 Å². The average Bonchev–Trinajstić information content (AvgIpc) is 2.65. The first kappa shape index (κ1) is 14.6. The lowest BCUT2D eigenvalue weighted by atomic mass is 9.93. The third-order valence-corrected chi connectivity index (χ3v) is 5.16. The van der Waals surface area contributed by atoms with Crippen molar-refractivity contribution in [1.29, 1.82) is 0 Å². The lowest BCUT2D eigenvalue weighted by Crippen LogP contribution is -2.15. The molecule has 0 aliphatic carbocycles. The van der Waals surface area contributed by atoms with E-state index in [1.807, 2.05) is 18.2 Å². The Labute approximate surface area is 150 Å². The highest BCUT2D eigenvalue weighted by Crippen LogP contribution is 2.49. The van der Waals surface area contributed by atoms with Crippen LogP contribution in [0, 0.1) is 0 Å². The van der Waals surface area contributed by atoms with Crippen LogP contribution < -0.4 is 9.64 Å². The van der Waals surface area contributed by atoms with Crippen molar-refractivity contribution in [3.63, 3.8) is 0 Å². The van der Waals surface area contributed by atoms with Crippen LogP contribution in [0.3, 0.4) is 0 Å². The van der Waals surface area contributed by atoms with Crippen LogP contribution >= 0.6 is 11.6 Å². The maximum Gasteiger partial charge on any atom is 0.121 e. The Balaban J connectivity index is 2.05. The van der Waals surface area contributed by atoms with Crippen molar-refractivity contribution in [2.24, 2.45) is 0 Å².